The molecule has 2 aromatic carbocycles. The highest BCUT2D eigenvalue weighted by Gasteiger charge is 2.12. The Kier molecular flexibility index (Phi) is 3.91. The Morgan fingerprint density at radius 1 is 0.850 bits per heavy atom. The number of halogens is 1. The molecule has 0 unspecified atom stereocenters. The Labute approximate surface area is 118 Å². The van der Waals surface area contributed by atoms with Gasteiger partial charge in [0.15, 0.2) is 5.78 Å². The molecule has 0 bridgehead atoms. The van der Waals surface area contributed by atoms with E-state index < -0.39 is 10.2 Å². The van der Waals surface area contributed by atoms with Crippen molar-refractivity contribution in [3.05, 3.63) is 75.3 Å². The van der Waals surface area contributed by atoms with Crippen molar-refractivity contribution < 1.29 is 14.5 Å². The summed E-state index contributed by atoms with van der Waals surface area (Å²) in [7, 11) is 0. The summed E-state index contributed by atoms with van der Waals surface area (Å²) >= 11 is 5.31. The summed E-state index contributed by atoms with van der Waals surface area (Å²) in [5, 5.41) is 9.93. The first-order valence-corrected chi connectivity index (χ1v) is 5.96. The van der Waals surface area contributed by atoms with Crippen molar-refractivity contribution in [2.75, 3.05) is 0 Å². The smallest absolute Gasteiger partial charge is 0.269 e. The highest BCUT2D eigenvalue weighted by molar-refractivity contribution is 6.67. The van der Waals surface area contributed by atoms with Crippen molar-refractivity contribution in [2.45, 2.75) is 0 Å². The molecule has 0 spiro atoms. The molecule has 5 nitrogen and oxygen atoms in total. The fraction of sp³-hybridized carbons (Fsp3) is 0. The van der Waals surface area contributed by atoms with Crippen LogP contribution in [0.4, 0.5) is 5.69 Å². The molecular formula is C14H8ClNO4. The maximum atomic E-state index is 12.1. The topological polar surface area (TPSA) is 77.3 Å². The van der Waals surface area contributed by atoms with Crippen LogP contribution in [-0.4, -0.2) is 15.9 Å². The minimum Gasteiger partial charge on any atom is -0.289 e. The molecule has 0 N–H and O–H groups in total. The number of nitro groups is 1. The predicted octanol–water partition coefficient (Wildman–Crippen LogP) is 3.20. The third-order valence-corrected chi connectivity index (χ3v) is 2.93. The van der Waals surface area contributed by atoms with E-state index in [1.54, 1.807) is 0 Å². The molecule has 0 saturated heterocycles. The molecule has 2 rings (SSSR count). The second-order valence-electron chi connectivity index (χ2n) is 3.98. The standard InChI is InChI=1S/C14H8ClNO4/c15-14(18)11-3-1-9(2-4-11)13(17)10-5-7-12(8-6-10)16(19)20/h1-8H. The molecule has 100 valence electrons. The zero-order valence-electron chi connectivity index (χ0n) is 10.1. The third kappa shape index (κ3) is 2.89. The van der Waals surface area contributed by atoms with Crippen LogP contribution in [0.3, 0.4) is 0 Å². The lowest BCUT2D eigenvalue weighted by atomic mass is 10.0. The highest BCUT2D eigenvalue weighted by Crippen LogP contribution is 2.16. The van der Waals surface area contributed by atoms with Crippen molar-refractivity contribution in [3.63, 3.8) is 0 Å². The van der Waals surface area contributed by atoms with Gasteiger partial charge < -0.3 is 0 Å². The van der Waals surface area contributed by atoms with Gasteiger partial charge in [0.25, 0.3) is 10.9 Å². The zero-order chi connectivity index (χ0) is 14.7. The normalized spacial score (nSPS) is 10.1. The minimum atomic E-state index is -0.598. The molecule has 0 aromatic heterocycles. The average molecular weight is 290 g/mol. The van der Waals surface area contributed by atoms with Crippen LogP contribution in [0, 0.1) is 10.1 Å². The molecule has 0 fully saturated rings. The van der Waals surface area contributed by atoms with E-state index >= 15 is 0 Å². The maximum absolute atomic E-state index is 12.1. The van der Waals surface area contributed by atoms with Gasteiger partial charge in [0.1, 0.15) is 0 Å². The fourth-order valence-corrected chi connectivity index (χ4v) is 1.78. The Bertz CT molecular complexity index is 618. The molecule has 0 saturated carbocycles. The molecule has 0 atom stereocenters. The van der Waals surface area contributed by atoms with Crippen LogP contribution in [0.5, 0.6) is 0 Å². The summed E-state index contributed by atoms with van der Waals surface area (Å²) in [6.07, 6.45) is 0. The first-order chi connectivity index (χ1) is 9.49. The highest BCUT2D eigenvalue weighted by atomic mass is 35.5. The summed E-state index contributed by atoms with van der Waals surface area (Å²) < 4.78 is 0. The number of nitrogens with zero attached hydrogens (tertiary/aromatic N) is 1. The Morgan fingerprint density at radius 2 is 1.25 bits per heavy atom. The van der Waals surface area contributed by atoms with E-state index in [1.165, 1.54) is 48.5 Å². The van der Waals surface area contributed by atoms with E-state index in [0.717, 1.165) is 0 Å². The summed E-state index contributed by atoms with van der Waals surface area (Å²) in [4.78, 5) is 33.0. The van der Waals surface area contributed by atoms with Gasteiger partial charge in [-0.25, -0.2) is 0 Å². The number of nitro benzene ring substituents is 1. The summed E-state index contributed by atoms with van der Waals surface area (Å²) in [6, 6.07) is 11.2. The Balaban J connectivity index is 2.26. The second-order valence-corrected chi connectivity index (χ2v) is 4.33. The number of carbonyl (C=O) groups excluding carboxylic acids is 2. The molecule has 0 aliphatic rings. The molecular weight excluding hydrogens is 282 g/mol. The van der Waals surface area contributed by atoms with Crippen molar-refractivity contribution in [3.8, 4) is 0 Å². The molecule has 0 heterocycles. The first kappa shape index (κ1) is 13.9. The number of ketones is 1. The van der Waals surface area contributed by atoms with Crippen LogP contribution in [0.1, 0.15) is 26.3 Å². The molecule has 0 aliphatic heterocycles. The number of benzene rings is 2. The SMILES string of the molecule is O=C(Cl)c1ccc(C(=O)c2ccc([N+](=O)[O-])cc2)cc1. The summed E-state index contributed by atoms with van der Waals surface area (Å²) in [5.41, 5.74) is 0.928. The average Bonchev–Trinajstić information content (AvgIpc) is 2.46. The van der Waals surface area contributed by atoms with Crippen molar-refractivity contribution in [1.82, 2.24) is 0 Å². The van der Waals surface area contributed by atoms with Crippen LogP contribution in [0.15, 0.2) is 48.5 Å². The van der Waals surface area contributed by atoms with Crippen LogP contribution < -0.4 is 0 Å². The molecule has 6 heteroatoms. The predicted molar refractivity (Wildman–Crippen MR) is 73.2 cm³/mol. The zero-order valence-corrected chi connectivity index (χ0v) is 10.8. The monoisotopic (exact) mass is 289 g/mol. The third-order valence-electron chi connectivity index (χ3n) is 2.71. The fourth-order valence-electron chi connectivity index (χ4n) is 1.65. The van der Waals surface area contributed by atoms with E-state index in [9.17, 15) is 19.7 Å². The Hall–Kier alpha value is -2.53. The van der Waals surface area contributed by atoms with Crippen LogP contribution >= 0.6 is 11.6 Å². The van der Waals surface area contributed by atoms with E-state index in [4.69, 9.17) is 11.6 Å². The molecule has 0 radical (unpaired) electrons. The quantitative estimate of drug-likeness (QED) is 0.375. The van der Waals surface area contributed by atoms with E-state index in [2.05, 4.69) is 0 Å². The van der Waals surface area contributed by atoms with Crippen LogP contribution in [0.2, 0.25) is 0 Å². The Morgan fingerprint density at radius 3 is 1.65 bits per heavy atom. The molecule has 2 aromatic rings. The number of non-ortho nitro benzene ring substituents is 1. The lowest BCUT2D eigenvalue weighted by Crippen LogP contribution is -2.02. The minimum absolute atomic E-state index is 0.0790. The van der Waals surface area contributed by atoms with Gasteiger partial charge in [-0.15, -0.1) is 0 Å². The maximum Gasteiger partial charge on any atom is 0.269 e. The van der Waals surface area contributed by atoms with E-state index in [1.807, 2.05) is 0 Å². The van der Waals surface area contributed by atoms with Crippen LogP contribution in [0.25, 0.3) is 0 Å². The van der Waals surface area contributed by atoms with Gasteiger partial charge in [-0.3, -0.25) is 19.7 Å². The first-order valence-electron chi connectivity index (χ1n) is 5.58. The number of carbonyl (C=O) groups is 2. The van der Waals surface area contributed by atoms with Crippen molar-refractivity contribution >= 4 is 28.3 Å². The lowest BCUT2D eigenvalue weighted by molar-refractivity contribution is -0.384. The van der Waals surface area contributed by atoms with Gasteiger partial charge in [-0.1, -0.05) is 12.1 Å². The van der Waals surface area contributed by atoms with Gasteiger partial charge in [-0.2, -0.15) is 0 Å². The molecule has 0 amide bonds. The van der Waals surface area contributed by atoms with Gasteiger partial charge in [0.05, 0.1) is 4.92 Å². The lowest BCUT2D eigenvalue weighted by Gasteiger charge is -2.02. The van der Waals surface area contributed by atoms with E-state index in [0.29, 0.717) is 16.7 Å². The van der Waals surface area contributed by atoms with Crippen molar-refractivity contribution in [2.24, 2.45) is 0 Å². The van der Waals surface area contributed by atoms with Gasteiger partial charge in [-0.05, 0) is 35.9 Å². The van der Waals surface area contributed by atoms with Gasteiger partial charge in [0, 0.05) is 28.8 Å². The second kappa shape index (κ2) is 5.63. The summed E-state index contributed by atoms with van der Waals surface area (Å²) in [6.45, 7) is 0. The summed E-state index contributed by atoms with van der Waals surface area (Å²) in [5.74, 6) is -0.284. The number of hydrogen-bond acceptors (Lipinski definition) is 4. The van der Waals surface area contributed by atoms with Crippen molar-refractivity contribution in [1.29, 1.82) is 0 Å². The number of hydrogen-bond donors (Lipinski definition) is 0. The number of rotatable bonds is 4. The van der Waals surface area contributed by atoms with Gasteiger partial charge >= 0.3 is 0 Å². The van der Waals surface area contributed by atoms with Gasteiger partial charge in [0.2, 0.25) is 0 Å². The molecule has 20 heavy (non-hydrogen) atoms. The van der Waals surface area contributed by atoms with Crippen LogP contribution in [-0.2, 0) is 0 Å². The van der Waals surface area contributed by atoms with E-state index in [-0.39, 0.29) is 11.5 Å². The molecule has 0 aliphatic carbocycles. The largest absolute Gasteiger partial charge is 0.289 e.